The highest BCUT2D eigenvalue weighted by Crippen LogP contribution is 2.25. The van der Waals surface area contributed by atoms with Crippen molar-refractivity contribution in [3.8, 4) is 0 Å². The molecule has 0 fully saturated rings. The lowest BCUT2D eigenvalue weighted by molar-refractivity contribution is -0.130. The zero-order valence-corrected chi connectivity index (χ0v) is 12.7. The van der Waals surface area contributed by atoms with Crippen LogP contribution in [-0.2, 0) is 9.53 Å². The molecule has 0 amide bonds. The van der Waals surface area contributed by atoms with E-state index in [9.17, 15) is 9.90 Å². The first kappa shape index (κ1) is 16.5. The maximum absolute atomic E-state index is 11.3. The third kappa shape index (κ3) is 4.21. The van der Waals surface area contributed by atoms with Crippen molar-refractivity contribution in [2.24, 2.45) is 5.16 Å². The minimum atomic E-state index is -1.11. The molecular weight excluding hydrogens is 298 g/mol. The Morgan fingerprint density at radius 1 is 1.40 bits per heavy atom. The van der Waals surface area contributed by atoms with Crippen molar-refractivity contribution >= 4 is 40.1 Å². The number of rotatable bonds is 6. The summed E-state index contributed by atoms with van der Waals surface area (Å²) in [5.41, 5.74) is 1.01. The van der Waals surface area contributed by atoms with E-state index in [4.69, 9.17) is 9.94 Å². The molecule has 0 atom stereocenters. The Morgan fingerprint density at radius 3 is 2.55 bits per heavy atom. The maximum Gasteiger partial charge on any atom is 0.339 e. The number of carbonyl (C=O) groups is 1. The minimum absolute atomic E-state index is 0.00833. The molecule has 0 bridgehead atoms. The van der Waals surface area contributed by atoms with Gasteiger partial charge in [-0.05, 0) is 6.26 Å². The van der Waals surface area contributed by atoms with Gasteiger partial charge in [-0.3, -0.25) is 0 Å². The highest BCUT2D eigenvalue weighted by atomic mass is 32.2. The van der Waals surface area contributed by atoms with Gasteiger partial charge in [0.2, 0.25) is 0 Å². The van der Waals surface area contributed by atoms with Crippen molar-refractivity contribution in [2.45, 2.75) is 0 Å². The third-order valence-corrected chi connectivity index (χ3v) is 4.31. The first-order valence-corrected chi connectivity index (χ1v) is 7.93. The largest absolute Gasteiger partial charge is 0.503 e. The van der Waals surface area contributed by atoms with Crippen LogP contribution < -0.4 is 0 Å². The number of aliphatic carboxylic acids is 1. The van der Waals surface area contributed by atoms with E-state index in [2.05, 4.69) is 5.16 Å². The fourth-order valence-electron chi connectivity index (χ4n) is 1.53. The highest BCUT2D eigenvalue weighted by molar-refractivity contribution is 8.24. The Hall–Kier alpha value is -1.60. The fourth-order valence-corrected chi connectivity index (χ4v) is 2.84. The minimum Gasteiger partial charge on any atom is -0.503 e. The normalized spacial score (nSPS) is 12.3. The standard InChI is InChI=1S/C13H15NO4S2/c1-18-7-11(13(15)16)9-5-3-4-6-10(9)12(14-17)20-8-19-2/h3-7,17H,8H2,1-2H3,(H,15,16)/b11-7+,14-12?. The average molecular weight is 313 g/mol. The van der Waals surface area contributed by atoms with Crippen molar-refractivity contribution in [2.75, 3.05) is 18.5 Å². The number of hydrogen-bond acceptors (Lipinski definition) is 6. The molecular formula is C13H15NO4S2. The van der Waals surface area contributed by atoms with Crippen LogP contribution in [-0.4, -0.2) is 39.8 Å². The average Bonchev–Trinajstić information content (AvgIpc) is 2.46. The lowest BCUT2D eigenvalue weighted by Crippen LogP contribution is -2.07. The summed E-state index contributed by atoms with van der Waals surface area (Å²) < 4.78 is 4.81. The lowest BCUT2D eigenvalue weighted by Gasteiger charge is -2.10. The van der Waals surface area contributed by atoms with E-state index in [-0.39, 0.29) is 5.57 Å². The molecule has 108 valence electrons. The number of thioether (sulfide) groups is 2. The molecule has 7 heteroatoms. The molecule has 1 rings (SSSR count). The molecule has 0 heterocycles. The first-order valence-electron chi connectivity index (χ1n) is 5.55. The number of nitrogens with zero attached hydrogens (tertiary/aromatic N) is 1. The van der Waals surface area contributed by atoms with Gasteiger partial charge in [0.25, 0.3) is 0 Å². The summed E-state index contributed by atoms with van der Waals surface area (Å²) in [7, 11) is 1.38. The summed E-state index contributed by atoms with van der Waals surface area (Å²) in [4.78, 5) is 11.3. The zero-order chi connectivity index (χ0) is 15.0. The van der Waals surface area contributed by atoms with Crippen LogP contribution in [0.2, 0.25) is 0 Å². The summed E-state index contributed by atoms with van der Waals surface area (Å²) in [6.45, 7) is 0. The number of ether oxygens (including phenoxy) is 1. The molecule has 0 aliphatic rings. The van der Waals surface area contributed by atoms with Gasteiger partial charge in [0.15, 0.2) is 0 Å². The Morgan fingerprint density at radius 2 is 2.05 bits per heavy atom. The predicted molar refractivity (Wildman–Crippen MR) is 83.4 cm³/mol. The Labute approximate surface area is 125 Å². The second-order valence-electron chi connectivity index (χ2n) is 3.57. The van der Waals surface area contributed by atoms with Crippen molar-refractivity contribution in [3.63, 3.8) is 0 Å². The van der Waals surface area contributed by atoms with Crippen LogP contribution in [0.25, 0.3) is 5.57 Å². The molecule has 0 saturated heterocycles. The van der Waals surface area contributed by atoms with Crippen LogP contribution in [0.15, 0.2) is 35.7 Å². The third-order valence-electron chi connectivity index (χ3n) is 2.32. The second kappa shape index (κ2) is 8.55. The van der Waals surface area contributed by atoms with Crippen molar-refractivity contribution in [1.82, 2.24) is 0 Å². The van der Waals surface area contributed by atoms with E-state index in [0.717, 1.165) is 6.26 Å². The molecule has 0 radical (unpaired) electrons. The van der Waals surface area contributed by atoms with E-state index < -0.39 is 5.97 Å². The number of methoxy groups -OCH3 is 1. The topological polar surface area (TPSA) is 79.1 Å². The summed E-state index contributed by atoms with van der Waals surface area (Å²) in [6.07, 6.45) is 3.09. The molecule has 5 nitrogen and oxygen atoms in total. The summed E-state index contributed by atoms with van der Waals surface area (Å²) >= 11 is 2.92. The van der Waals surface area contributed by atoms with E-state index in [0.29, 0.717) is 21.3 Å². The monoisotopic (exact) mass is 313 g/mol. The van der Waals surface area contributed by atoms with Gasteiger partial charge in [-0.25, -0.2) is 4.79 Å². The highest BCUT2D eigenvalue weighted by Gasteiger charge is 2.18. The van der Waals surface area contributed by atoms with Crippen molar-refractivity contribution < 1.29 is 19.8 Å². The van der Waals surface area contributed by atoms with Gasteiger partial charge in [-0.15, -0.1) is 0 Å². The number of carboxylic acid groups (broad SMARTS) is 1. The Balaban J connectivity index is 3.28. The maximum atomic E-state index is 11.3. The van der Waals surface area contributed by atoms with Gasteiger partial charge in [-0.1, -0.05) is 41.2 Å². The van der Waals surface area contributed by atoms with E-state index in [1.54, 1.807) is 36.0 Å². The lowest BCUT2D eigenvalue weighted by atomic mass is 10.0. The number of benzene rings is 1. The Kier molecular flexibility index (Phi) is 7.03. The van der Waals surface area contributed by atoms with E-state index >= 15 is 0 Å². The summed E-state index contributed by atoms with van der Waals surface area (Å²) in [5, 5.41) is 22.7. The van der Waals surface area contributed by atoms with Crippen LogP contribution in [0.5, 0.6) is 0 Å². The molecule has 0 aliphatic carbocycles. The van der Waals surface area contributed by atoms with E-state index in [1.807, 2.05) is 6.26 Å². The fraction of sp³-hybridized carbons (Fsp3) is 0.231. The van der Waals surface area contributed by atoms with Crippen molar-refractivity contribution in [3.05, 3.63) is 41.7 Å². The number of carboxylic acids is 1. The molecule has 2 N–H and O–H groups in total. The van der Waals surface area contributed by atoms with Gasteiger partial charge in [0.05, 0.1) is 13.4 Å². The zero-order valence-electron chi connectivity index (χ0n) is 11.1. The van der Waals surface area contributed by atoms with Crippen LogP contribution in [0.4, 0.5) is 0 Å². The second-order valence-corrected chi connectivity index (χ2v) is 5.77. The van der Waals surface area contributed by atoms with Gasteiger partial charge in [-0.2, -0.15) is 11.8 Å². The van der Waals surface area contributed by atoms with E-state index in [1.165, 1.54) is 18.9 Å². The molecule has 1 aromatic carbocycles. The van der Waals surface area contributed by atoms with Crippen molar-refractivity contribution in [1.29, 1.82) is 0 Å². The molecule has 0 saturated carbocycles. The van der Waals surface area contributed by atoms with Crippen LogP contribution in [0.1, 0.15) is 11.1 Å². The van der Waals surface area contributed by atoms with Gasteiger partial charge in [0, 0.05) is 16.2 Å². The Bertz CT molecular complexity index is 529. The SMILES string of the molecule is CO/C=C(/C(=O)O)c1ccccc1C(=NO)SCSC. The van der Waals surface area contributed by atoms with Gasteiger partial charge in [0.1, 0.15) is 10.6 Å². The molecule has 20 heavy (non-hydrogen) atoms. The quantitative estimate of drug-likeness (QED) is 0.160. The van der Waals surface area contributed by atoms with Gasteiger partial charge >= 0.3 is 5.97 Å². The molecule has 0 aromatic heterocycles. The number of oxime groups is 1. The first-order chi connectivity index (χ1) is 9.65. The molecule has 0 aliphatic heterocycles. The van der Waals surface area contributed by atoms with Crippen LogP contribution in [0, 0.1) is 0 Å². The molecule has 0 unspecified atom stereocenters. The van der Waals surface area contributed by atoms with Gasteiger partial charge < -0.3 is 15.1 Å². The molecule has 0 spiro atoms. The molecule has 1 aromatic rings. The predicted octanol–water partition coefficient (Wildman–Crippen LogP) is 2.95. The summed E-state index contributed by atoms with van der Waals surface area (Å²) in [5.74, 6) is -1.11. The summed E-state index contributed by atoms with van der Waals surface area (Å²) in [6, 6.07) is 6.85. The number of hydrogen-bond donors (Lipinski definition) is 2. The smallest absolute Gasteiger partial charge is 0.339 e. The van der Waals surface area contributed by atoms with Crippen LogP contribution in [0.3, 0.4) is 0 Å². The van der Waals surface area contributed by atoms with Crippen LogP contribution >= 0.6 is 23.5 Å².